The fourth-order valence-corrected chi connectivity index (χ4v) is 3.07. The van der Waals surface area contributed by atoms with E-state index in [1.54, 1.807) is 11.3 Å². The van der Waals surface area contributed by atoms with Crippen molar-refractivity contribution in [3.8, 4) is 0 Å². The molecule has 1 aliphatic heterocycles. The van der Waals surface area contributed by atoms with Crippen molar-refractivity contribution in [2.75, 3.05) is 13.1 Å². The Labute approximate surface area is 106 Å². The van der Waals surface area contributed by atoms with Gasteiger partial charge in [0.15, 0.2) is 0 Å². The highest BCUT2D eigenvalue weighted by Crippen LogP contribution is 2.18. The topological polar surface area (TPSA) is 54.0 Å². The van der Waals surface area contributed by atoms with Gasteiger partial charge in [-0.05, 0) is 26.3 Å². The minimum Gasteiger partial charge on any atom is -0.351 e. The molecule has 4 nitrogen and oxygen atoms in total. The number of amides is 1. The molecular formula is C12H19N3OS. The molecule has 2 heterocycles. The van der Waals surface area contributed by atoms with Gasteiger partial charge in [-0.15, -0.1) is 11.3 Å². The first kappa shape index (κ1) is 12.5. The lowest BCUT2D eigenvalue weighted by atomic mass is 9.97. The summed E-state index contributed by atoms with van der Waals surface area (Å²) in [5.41, 5.74) is 1.03. The first-order chi connectivity index (χ1) is 8.08. The van der Waals surface area contributed by atoms with Crippen molar-refractivity contribution < 1.29 is 4.79 Å². The predicted molar refractivity (Wildman–Crippen MR) is 69.0 cm³/mol. The molecule has 94 valence electrons. The van der Waals surface area contributed by atoms with E-state index >= 15 is 0 Å². The number of aryl methyl sites for hydroxylation is 2. The van der Waals surface area contributed by atoms with E-state index in [1.807, 2.05) is 13.8 Å². The zero-order valence-corrected chi connectivity index (χ0v) is 11.4. The number of rotatable bonds is 3. The number of nitrogens with one attached hydrogen (secondary N) is 2. The molecule has 1 amide bonds. The van der Waals surface area contributed by atoms with Crippen LogP contribution in [0, 0.1) is 25.7 Å². The zero-order chi connectivity index (χ0) is 12.4. The summed E-state index contributed by atoms with van der Waals surface area (Å²) in [6.07, 6.45) is 0. The second-order valence-corrected chi connectivity index (χ2v) is 5.99. The van der Waals surface area contributed by atoms with E-state index in [0.29, 0.717) is 12.5 Å². The third kappa shape index (κ3) is 2.84. The fraction of sp³-hybridized carbons (Fsp3) is 0.667. The summed E-state index contributed by atoms with van der Waals surface area (Å²) in [6, 6.07) is 0. The zero-order valence-electron chi connectivity index (χ0n) is 10.5. The molecule has 0 saturated carbocycles. The van der Waals surface area contributed by atoms with Crippen LogP contribution < -0.4 is 10.6 Å². The average molecular weight is 253 g/mol. The fourth-order valence-electron chi connectivity index (χ4n) is 2.20. The molecule has 2 atom stereocenters. The number of hydrogen-bond acceptors (Lipinski definition) is 4. The van der Waals surface area contributed by atoms with E-state index in [4.69, 9.17) is 0 Å². The van der Waals surface area contributed by atoms with Crippen LogP contribution in [0.25, 0.3) is 0 Å². The largest absolute Gasteiger partial charge is 0.351 e. The Morgan fingerprint density at radius 3 is 2.82 bits per heavy atom. The number of nitrogens with zero attached hydrogens (tertiary/aromatic N) is 1. The maximum absolute atomic E-state index is 12.0. The van der Waals surface area contributed by atoms with Gasteiger partial charge in [0.1, 0.15) is 0 Å². The van der Waals surface area contributed by atoms with Crippen molar-refractivity contribution in [3.05, 3.63) is 15.6 Å². The van der Waals surface area contributed by atoms with Gasteiger partial charge in [0.25, 0.3) is 0 Å². The van der Waals surface area contributed by atoms with E-state index in [0.717, 1.165) is 28.7 Å². The van der Waals surface area contributed by atoms with Gasteiger partial charge in [0.05, 0.1) is 23.2 Å². The molecule has 1 saturated heterocycles. The Kier molecular flexibility index (Phi) is 3.79. The monoisotopic (exact) mass is 253 g/mol. The van der Waals surface area contributed by atoms with Crippen molar-refractivity contribution in [1.29, 1.82) is 0 Å². The molecule has 2 N–H and O–H groups in total. The third-order valence-electron chi connectivity index (χ3n) is 3.28. The van der Waals surface area contributed by atoms with Crippen molar-refractivity contribution in [2.24, 2.45) is 11.8 Å². The first-order valence-corrected chi connectivity index (χ1v) is 6.81. The molecule has 5 heteroatoms. The highest BCUT2D eigenvalue weighted by atomic mass is 32.1. The number of thiazole rings is 1. The number of aromatic nitrogens is 1. The van der Waals surface area contributed by atoms with Gasteiger partial charge >= 0.3 is 0 Å². The van der Waals surface area contributed by atoms with Gasteiger partial charge in [0.2, 0.25) is 5.91 Å². The minimum atomic E-state index is 0.115. The van der Waals surface area contributed by atoms with E-state index in [-0.39, 0.29) is 11.8 Å². The summed E-state index contributed by atoms with van der Waals surface area (Å²) in [7, 11) is 0. The van der Waals surface area contributed by atoms with Crippen LogP contribution in [0.2, 0.25) is 0 Å². The maximum atomic E-state index is 12.0. The molecule has 0 spiro atoms. The van der Waals surface area contributed by atoms with Gasteiger partial charge in [-0.25, -0.2) is 4.98 Å². The molecule has 1 aromatic rings. The molecule has 0 unspecified atom stereocenters. The molecule has 2 rings (SSSR count). The molecule has 0 aromatic carbocycles. The minimum absolute atomic E-state index is 0.115. The lowest BCUT2D eigenvalue weighted by Crippen LogP contribution is -2.33. The number of carbonyl (C=O) groups excluding carboxylic acids is 1. The highest BCUT2D eigenvalue weighted by molar-refractivity contribution is 7.11. The van der Waals surface area contributed by atoms with Crippen LogP contribution in [0.4, 0.5) is 0 Å². The van der Waals surface area contributed by atoms with Crippen molar-refractivity contribution in [2.45, 2.75) is 27.3 Å². The van der Waals surface area contributed by atoms with E-state index in [1.165, 1.54) is 0 Å². The summed E-state index contributed by atoms with van der Waals surface area (Å²) in [4.78, 5) is 17.5. The van der Waals surface area contributed by atoms with Crippen LogP contribution in [0.3, 0.4) is 0 Å². The summed E-state index contributed by atoms with van der Waals surface area (Å²) < 4.78 is 0. The summed E-state index contributed by atoms with van der Waals surface area (Å²) in [5.74, 6) is 0.705. The second kappa shape index (κ2) is 5.14. The van der Waals surface area contributed by atoms with Crippen LogP contribution in [0.15, 0.2) is 0 Å². The van der Waals surface area contributed by atoms with Crippen LogP contribution in [0.1, 0.15) is 22.5 Å². The van der Waals surface area contributed by atoms with Crippen LogP contribution in [-0.4, -0.2) is 24.0 Å². The summed E-state index contributed by atoms with van der Waals surface area (Å²) in [6.45, 7) is 8.45. The summed E-state index contributed by atoms with van der Waals surface area (Å²) >= 11 is 1.66. The van der Waals surface area contributed by atoms with E-state index in [9.17, 15) is 4.79 Å². The van der Waals surface area contributed by atoms with Crippen LogP contribution in [-0.2, 0) is 11.3 Å². The van der Waals surface area contributed by atoms with Crippen molar-refractivity contribution in [3.63, 3.8) is 0 Å². The number of hydrogen-bond donors (Lipinski definition) is 2. The third-order valence-corrected chi connectivity index (χ3v) is 4.35. The summed E-state index contributed by atoms with van der Waals surface area (Å²) in [5, 5.41) is 7.32. The second-order valence-electron chi connectivity index (χ2n) is 4.70. The van der Waals surface area contributed by atoms with Gasteiger partial charge in [-0.2, -0.15) is 0 Å². The van der Waals surface area contributed by atoms with Gasteiger partial charge in [-0.3, -0.25) is 4.79 Å². The molecule has 0 bridgehead atoms. The predicted octanol–water partition coefficient (Wildman–Crippen LogP) is 1.23. The highest BCUT2D eigenvalue weighted by Gasteiger charge is 2.29. The quantitative estimate of drug-likeness (QED) is 0.852. The molecule has 1 fully saturated rings. The Morgan fingerprint density at radius 1 is 1.53 bits per heavy atom. The molecular weight excluding hydrogens is 234 g/mol. The number of carbonyl (C=O) groups is 1. The molecule has 1 aromatic heterocycles. The maximum Gasteiger partial charge on any atom is 0.225 e. The van der Waals surface area contributed by atoms with Crippen LogP contribution in [0.5, 0.6) is 0 Å². The van der Waals surface area contributed by atoms with Crippen LogP contribution >= 0.6 is 11.3 Å². The average Bonchev–Trinajstić information content (AvgIpc) is 2.81. The van der Waals surface area contributed by atoms with E-state index in [2.05, 4.69) is 22.5 Å². The van der Waals surface area contributed by atoms with Crippen molar-refractivity contribution in [1.82, 2.24) is 15.6 Å². The molecule has 1 aliphatic rings. The SMILES string of the molecule is Cc1nc(C)c(CNC(=O)[C@@H]2CNC[C@H]2C)s1. The first-order valence-electron chi connectivity index (χ1n) is 5.99. The Morgan fingerprint density at radius 2 is 2.29 bits per heavy atom. The van der Waals surface area contributed by atoms with E-state index < -0.39 is 0 Å². The Bertz CT molecular complexity index is 416. The van der Waals surface area contributed by atoms with Crippen molar-refractivity contribution >= 4 is 17.2 Å². The standard InChI is InChI=1S/C12H19N3OS/c1-7-4-13-5-10(7)12(16)14-6-11-8(2)15-9(3)17-11/h7,10,13H,4-6H2,1-3H3,(H,14,16)/t7-,10-/m1/s1. The molecule has 0 aliphatic carbocycles. The Balaban J connectivity index is 1.90. The smallest absolute Gasteiger partial charge is 0.225 e. The Hall–Kier alpha value is -0.940. The molecule has 17 heavy (non-hydrogen) atoms. The van der Waals surface area contributed by atoms with Gasteiger partial charge in [-0.1, -0.05) is 6.92 Å². The molecule has 0 radical (unpaired) electrons. The normalized spacial score (nSPS) is 23.9. The lowest BCUT2D eigenvalue weighted by molar-refractivity contribution is -0.125. The van der Waals surface area contributed by atoms with Gasteiger partial charge < -0.3 is 10.6 Å². The van der Waals surface area contributed by atoms with Gasteiger partial charge in [0, 0.05) is 11.4 Å². The lowest BCUT2D eigenvalue weighted by Gasteiger charge is -2.13.